The highest BCUT2D eigenvalue weighted by Gasteiger charge is 2.58. The Morgan fingerprint density at radius 3 is 2.04 bits per heavy atom. The Morgan fingerprint density at radius 1 is 0.797 bits per heavy atom. The van der Waals surface area contributed by atoms with E-state index in [4.69, 9.17) is 29.4 Å². The number of carbonyl (C=O) groups is 5. The van der Waals surface area contributed by atoms with Crippen LogP contribution in [0.5, 0.6) is 23.0 Å². The smallest absolute Gasteiger partial charge is 0.416 e. The molecular weight excluding hydrogens is 887 g/mol. The molecule has 2 saturated carbocycles. The van der Waals surface area contributed by atoms with Gasteiger partial charge in [-0.1, -0.05) is 26.0 Å². The van der Waals surface area contributed by atoms with Crippen LogP contribution in [-0.4, -0.2) is 122 Å². The van der Waals surface area contributed by atoms with Crippen molar-refractivity contribution < 1.29 is 52.8 Å². The Hall–Kier alpha value is -6.27. The number of carbonyl (C=O) groups excluding carboxylic acids is 5. The molecule has 5 amide bonds. The molecule has 0 bridgehead atoms. The van der Waals surface area contributed by atoms with Gasteiger partial charge in [-0.05, 0) is 111 Å². The summed E-state index contributed by atoms with van der Waals surface area (Å²) in [6.07, 6.45) is 5.73. The third-order valence-electron chi connectivity index (χ3n) is 14.9. The summed E-state index contributed by atoms with van der Waals surface area (Å²) in [4.78, 5) is 72.1. The van der Waals surface area contributed by atoms with Crippen molar-refractivity contribution in [3.63, 3.8) is 0 Å². The second-order valence-electron chi connectivity index (χ2n) is 20.2. The van der Waals surface area contributed by atoms with Crippen molar-refractivity contribution in [2.75, 3.05) is 62.6 Å². The van der Waals surface area contributed by atoms with Crippen LogP contribution in [0.3, 0.4) is 0 Å². The minimum Gasteiger partial charge on any atom is -0.493 e. The minimum atomic E-state index is -1.40. The third-order valence-corrected chi connectivity index (χ3v) is 14.9. The number of hydrogen-bond donors (Lipinski definition) is 5. The van der Waals surface area contributed by atoms with Gasteiger partial charge in [-0.3, -0.25) is 19.2 Å². The van der Waals surface area contributed by atoms with Crippen LogP contribution < -0.4 is 45.5 Å². The molecule has 0 radical (unpaired) electrons. The fraction of sp³-hybridized carbons (Fsp3) is 0.549. The van der Waals surface area contributed by atoms with Crippen molar-refractivity contribution in [1.29, 1.82) is 0 Å². The number of anilines is 3. The summed E-state index contributed by atoms with van der Waals surface area (Å²) in [5, 5.41) is 20.9. The Morgan fingerprint density at radius 2 is 1.41 bits per heavy atom. The maximum absolute atomic E-state index is 14.3. The summed E-state index contributed by atoms with van der Waals surface area (Å²) in [5.41, 5.74) is 8.92. The highest BCUT2D eigenvalue weighted by molar-refractivity contribution is 6.06. The molecule has 4 fully saturated rings. The number of nitrogens with two attached hydrogens (primary N) is 1. The highest BCUT2D eigenvalue weighted by atomic mass is 16.6. The Balaban J connectivity index is 0.820. The molecule has 6 N–H and O–H groups in total. The number of ether oxygens (including phenoxy) is 5. The van der Waals surface area contributed by atoms with Crippen molar-refractivity contribution in [3.05, 3.63) is 65.2 Å². The molecule has 2 spiro atoms. The molecule has 69 heavy (non-hydrogen) atoms. The van der Waals surface area contributed by atoms with Gasteiger partial charge < -0.3 is 60.3 Å². The lowest BCUT2D eigenvalue weighted by atomic mass is 10.0. The molecule has 2 saturated heterocycles. The van der Waals surface area contributed by atoms with E-state index in [1.54, 1.807) is 61.4 Å². The lowest BCUT2D eigenvalue weighted by Gasteiger charge is -2.31. The Bertz CT molecular complexity index is 2470. The van der Waals surface area contributed by atoms with Crippen molar-refractivity contribution in [3.8, 4) is 23.0 Å². The largest absolute Gasteiger partial charge is 0.493 e. The average Bonchev–Trinajstić information content (AvgIpc) is 4.22. The van der Waals surface area contributed by atoms with E-state index in [-0.39, 0.29) is 53.7 Å². The van der Waals surface area contributed by atoms with Crippen molar-refractivity contribution in [2.45, 2.75) is 116 Å². The highest BCUT2D eigenvalue weighted by Crippen LogP contribution is 2.57. The first-order valence-corrected chi connectivity index (χ1v) is 24.3. The minimum absolute atomic E-state index is 0.0369. The zero-order chi connectivity index (χ0) is 48.8. The number of rotatable bonds is 17. The molecule has 3 unspecified atom stereocenters. The van der Waals surface area contributed by atoms with Gasteiger partial charge in [0.2, 0.25) is 11.8 Å². The molecule has 18 nitrogen and oxygen atoms in total. The van der Waals surface area contributed by atoms with Gasteiger partial charge >= 0.3 is 6.09 Å². The van der Waals surface area contributed by atoms with Crippen LogP contribution in [0.15, 0.2) is 48.5 Å². The maximum atomic E-state index is 14.3. The summed E-state index contributed by atoms with van der Waals surface area (Å²) >= 11 is 0. The average molecular weight is 952 g/mol. The van der Waals surface area contributed by atoms with Gasteiger partial charge in [-0.25, -0.2) is 9.69 Å². The van der Waals surface area contributed by atoms with E-state index in [0.29, 0.717) is 84.2 Å². The van der Waals surface area contributed by atoms with Gasteiger partial charge in [0.05, 0.1) is 62.0 Å². The van der Waals surface area contributed by atoms with Gasteiger partial charge in [0.15, 0.2) is 29.2 Å². The molecule has 3 aromatic rings. The quantitative estimate of drug-likeness (QED) is 0.103. The predicted octanol–water partition coefficient (Wildman–Crippen LogP) is 5.65. The first-order chi connectivity index (χ1) is 33.1. The Labute approximate surface area is 402 Å². The van der Waals surface area contributed by atoms with Crippen LogP contribution in [0.1, 0.15) is 105 Å². The number of hydrogen-bond acceptors (Lipinski definition) is 13. The van der Waals surface area contributed by atoms with Crippen molar-refractivity contribution >= 4 is 46.8 Å². The molecule has 3 aromatic carbocycles. The number of amides is 5. The zero-order valence-electron chi connectivity index (χ0n) is 40.1. The molecule has 9 rings (SSSR count). The number of fused-ring (bicyclic) bond motifs is 4. The SMILES string of the molecule is COc1cc2c(cc1OCCCCCOc1cc3c(cc1OC)C(=O)N1CC4(CC4)C[C@H]1C(O)N3C(=O)OCc1ccc(NC(=O)C(C)NC(=O)C(N)C(C)C)cc1)NC[C@@H]1CC3(CC3)CN1C2=O. The molecule has 18 heteroatoms. The number of aliphatic hydroxyl groups is 1. The number of unbranched alkanes of at least 4 members (excludes halogenated alkanes) is 2. The van der Waals surface area contributed by atoms with E-state index >= 15 is 0 Å². The lowest BCUT2D eigenvalue weighted by molar-refractivity contribution is -0.127. The molecule has 2 aliphatic carbocycles. The van der Waals surface area contributed by atoms with Crippen molar-refractivity contribution in [1.82, 2.24) is 15.1 Å². The Kier molecular flexibility index (Phi) is 13.3. The van der Waals surface area contributed by atoms with Crippen LogP contribution >= 0.6 is 0 Å². The molecule has 4 heterocycles. The normalized spacial score (nSPS) is 22.0. The maximum Gasteiger partial charge on any atom is 0.416 e. The second-order valence-corrected chi connectivity index (χ2v) is 20.2. The molecule has 370 valence electrons. The lowest BCUT2D eigenvalue weighted by Crippen LogP contribution is -2.50. The fourth-order valence-electron chi connectivity index (χ4n) is 10.2. The van der Waals surface area contributed by atoms with Gasteiger partial charge in [-0.2, -0.15) is 0 Å². The van der Waals surface area contributed by atoms with Crippen LogP contribution in [-0.2, 0) is 20.9 Å². The third kappa shape index (κ3) is 9.82. The summed E-state index contributed by atoms with van der Waals surface area (Å²) in [5.74, 6) is 0.474. The van der Waals surface area contributed by atoms with Crippen molar-refractivity contribution in [2.24, 2.45) is 22.5 Å². The van der Waals surface area contributed by atoms with E-state index in [1.807, 2.05) is 24.8 Å². The predicted molar refractivity (Wildman–Crippen MR) is 256 cm³/mol. The van der Waals surface area contributed by atoms with Crippen LogP contribution in [0.4, 0.5) is 21.9 Å². The van der Waals surface area contributed by atoms with Gasteiger partial charge in [-0.15, -0.1) is 0 Å². The van der Waals surface area contributed by atoms with Crippen LogP contribution in [0, 0.1) is 16.7 Å². The number of nitrogens with zero attached hydrogens (tertiary/aromatic N) is 3. The monoisotopic (exact) mass is 951 g/mol. The van der Waals surface area contributed by atoms with E-state index < -0.39 is 42.3 Å². The molecular formula is C51H65N7O11. The van der Waals surface area contributed by atoms with E-state index in [1.165, 1.54) is 20.0 Å². The fourth-order valence-corrected chi connectivity index (χ4v) is 10.2. The summed E-state index contributed by atoms with van der Waals surface area (Å²) < 4.78 is 29.7. The van der Waals surface area contributed by atoms with Crippen LogP contribution in [0.25, 0.3) is 0 Å². The van der Waals surface area contributed by atoms with Gasteiger partial charge in [0.25, 0.3) is 11.8 Å². The first kappa shape index (κ1) is 47.8. The molecule has 6 aliphatic rings. The first-order valence-electron chi connectivity index (χ1n) is 24.3. The molecule has 5 atom stereocenters. The zero-order valence-corrected chi connectivity index (χ0v) is 40.1. The topological polar surface area (TPSA) is 224 Å². The second kappa shape index (κ2) is 19.3. The van der Waals surface area contributed by atoms with E-state index in [9.17, 15) is 29.1 Å². The summed E-state index contributed by atoms with van der Waals surface area (Å²) in [6.45, 7) is 7.76. The van der Waals surface area contributed by atoms with E-state index in [0.717, 1.165) is 42.8 Å². The number of benzene rings is 3. The standard InChI is InChI=1S/C51H65N7O11/c1-29(2)43(52)45(60)54-30(3)44(59)55-32-11-9-31(10-12-32)26-69-49(64)58-37-22-42(40(66-5)20-35(37)47(62)57-28-51(15-16-51)24-38(57)48(58)63)68-18-8-6-7-17-67-41-21-36-34(19-39(41)65-4)46(61)56-27-50(13-14-50)23-33(56)25-53-36/h9-12,19-22,29-30,33,38,43,48,53,63H,6-8,13-18,23-28,52H2,1-5H3,(H,54,60)(H,55,59)/t30?,33-,38-,43?,48?/m0/s1. The molecule has 4 aliphatic heterocycles. The summed E-state index contributed by atoms with van der Waals surface area (Å²) in [6, 6.07) is 11.4. The summed E-state index contributed by atoms with van der Waals surface area (Å²) in [7, 11) is 3.06. The molecule has 0 aromatic heterocycles. The van der Waals surface area contributed by atoms with Crippen LogP contribution in [0.2, 0.25) is 0 Å². The number of nitrogens with one attached hydrogen (secondary N) is 3. The number of methoxy groups -OCH3 is 2. The van der Waals surface area contributed by atoms with Gasteiger partial charge in [0.1, 0.15) is 12.6 Å². The number of aliphatic hydroxyl groups excluding tert-OH is 1. The van der Waals surface area contributed by atoms with Gasteiger partial charge in [0, 0.05) is 43.5 Å². The van der Waals surface area contributed by atoms with E-state index in [2.05, 4.69) is 16.0 Å².